The van der Waals surface area contributed by atoms with Crippen LogP contribution in [0.15, 0.2) is 85.5 Å². The highest BCUT2D eigenvalue weighted by Crippen LogP contribution is 2.24. The van der Waals surface area contributed by atoms with Crippen LogP contribution in [0.3, 0.4) is 0 Å². The maximum Gasteiger partial charge on any atom is 0.343 e. The number of rotatable bonds is 22. The van der Waals surface area contributed by atoms with Gasteiger partial charge in [-0.1, -0.05) is 56.5 Å². The van der Waals surface area contributed by atoms with E-state index in [9.17, 15) is 9.59 Å². The molecular weight excluding hydrogens is 572 g/mol. The Morgan fingerprint density at radius 3 is 1.82 bits per heavy atom. The first-order valence-corrected chi connectivity index (χ1v) is 15.7. The fourth-order valence-corrected chi connectivity index (χ4v) is 4.36. The van der Waals surface area contributed by atoms with Gasteiger partial charge in [0.1, 0.15) is 18.1 Å². The predicted octanol–water partition coefficient (Wildman–Crippen LogP) is 7.70. The quantitative estimate of drug-likeness (QED) is 0.0490. The molecule has 45 heavy (non-hydrogen) atoms. The second kappa shape index (κ2) is 20.9. The van der Waals surface area contributed by atoms with Crippen LogP contribution >= 0.6 is 0 Å². The second-order valence-corrected chi connectivity index (χ2v) is 10.5. The van der Waals surface area contributed by atoms with Crippen molar-refractivity contribution in [3.05, 3.63) is 96.6 Å². The first-order valence-electron chi connectivity index (χ1n) is 15.7. The monoisotopic (exact) mass is 618 g/mol. The Labute approximate surface area is 267 Å². The summed E-state index contributed by atoms with van der Waals surface area (Å²) >= 11 is 0. The summed E-state index contributed by atoms with van der Waals surface area (Å²) in [6.45, 7) is 11.0. The van der Waals surface area contributed by atoms with E-state index in [2.05, 4.69) is 13.5 Å². The number of ether oxygens (including phenoxy) is 6. The molecule has 0 unspecified atom stereocenters. The van der Waals surface area contributed by atoms with Gasteiger partial charge in [0.2, 0.25) is 0 Å². The summed E-state index contributed by atoms with van der Waals surface area (Å²) in [7, 11) is 0. The lowest BCUT2D eigenvalue weighted by Gasteiger charge is -2.13. The molecular formula is C37H46O8. The van der Waals surface area contributed by atoms with Crippen molar-refractivity contribution in [3.8, 4) is 22.6 Å². The van der Waals surface area contributed by atoms with Crippen molar-refractivity contribution in [1.82, 2.24) is 0 Å². The Bertz CT molecular complexity index is 1270. The summed E-state index contributed by atoms with van der Waals surface area (Å²) in [4.78, 5) is 25.2. The normalized spacial score (nSPS) is 11.5. The largest absolute Gasteiger partial charge is 0.491 e. The summed E-state index contributed by atoms with van der Waals surface area (Å²) in [6, 6.07) is 21.3. The van der Waals surface area contributed by atoms with Crippen LogP contribution in [0.25, 0.3) is 11.1 Å². The standard InChI is InChI=1S/C37H46O8/c1-4-6-7-8-9-29(3)44-36(38)32-12-10-30(11-13-32)31-14-20-35(21-15-31)45-37(39)33-16-18-34(19-17-33)43-28-27-42-26-25-41-24-23-40-22-5-2/h5,10-21,29H,2,4,6-9,22-28H2,1,3H3/t29-/m1/s1. The molecule has 0 aromatic heterocycles. The maximum absolute atomic E-state index is 12.7. The van der Waals surface area contributed by atoms with Gasteiger partial charge in [0.05, 0.1) is 56.9 Å². The SMILES string of the molecule is C=CCOCCOCCOCCOc1ccc(C(=O)Oc2ccc(-c3ccc(C(=O)O[C@H](C)CCCCCC)cc3)cc2)cc1. The Kier molecular flexibility index (Phi) is 16.5. The van der Waals surface area contributed by atoms with Crippen LogP contribution in [0.2, 0.25) is 0 Å². The van der Waals surface area contributed by atoms with Crippen molar-refractivity contribution >= 4 is 11.9 Å². The van der Waals surface area contributed by atoms with Crippen LogP contribution in [0.5, 0.6) is 11.5 Å². The minimum absolute atomic E-state index is 0.101. The molecule has 1 atom stereocenters. The first-order chi connectivity index (χ1) is 22.0. The zero-order valence-electron chi connectivity index (χ0n) is 26.5. The molecule has 8 nitrogen and oxygen atoms in total. The third kappa shape index (κ3) is 13.7. The molecule has 0 aliphatic heterocycles. The van der Waals surface area contributed by atoms with Crippen LogP contribution in [-0.4, -0.2) is 64.3 Å². The van der Waals surface area contributed by atoms with Crippen molar-refractivity contribution in [2.24, 2.45) is 0 Å². The molecule has 0 spiro atoms. The van der Waals surface area contributed by atoms with E-state index in [4.69, 9.17) is 28.4 Å². The average Bonchev–Trinajstić information content (AvgIpc) is 3.06. The summed E-state index contributed by atoms with van der Waals surface area (Å²) < 4.78 is 32.9. The Morgan fingerprint density at radius 1 is 0.667 bits per heavy atom. The van der Waals surface area contributed by atoms with Gasteiger partial charge in [0, 0.05) is 0 Å². The van der Waals surface area contributed by atoms with Crippen molar-refractivity contribution in [3.63, 3.8) is 0 Å². The molecule has 0 saturated heterocycles. The highest BCUT2D eigenvalue weighted by Gasteiger charge is 2.13. The van der Waals surface area contributed by atoms with Gasteiger partial charge in [-0.3, -0.25) is 0 Å². The number of esters is 2. The molecule has 3 aromatic rings. The Balaban J connectivity index is 1.37. The van der Waals surface area contributed by atoms with Crippen LogP contribution in [-0.2, 0) is 18.9 Å². The first kappa shape index (κ1) is 35.5. The lowest BCUT2D eigenvalue weighted by atomic mass is 10.0. The number of carbonyl (C=O) groups excluding carboxylic acids is 2. The lowest BCUT2D eigenvalue weighted by Crippen LogP contribution is -2.15. The van der Waals surface area contributed by atoms with Gasteiger partial charge in [-0.05, 0) is 79.4 Å². The minimum Gasteiger partial charge on any atom is -0.491 e. The number of hydrogen-bond acceptors (Lipinski definition) is 8. The molecule has 0 amide bonds. The van der Waals surface area contributed by atoms with Crippen LogP contribution in [0.4, 0.5) is 0 Å². The summed E-state index contributed by atoms with van der Waals surface area (Å²) in [5, 5.41) is 0. The van der Waals surface area contributed by atoms with Gasteiger partial charge in [-0.2, -0.15) is 0 Å². The van der Waals surface area contributed by atoms with Gasteiger partial charge in [0.25, 0.3) is 0 Å². The smallest absolute Gasteiger partial charge is 0.343 e. The number of hydrogen-bond donors (Lipinski definition) is 0. The molecule has 8 heteroatoms. The molecule has 3 aromatic carbocycles. The fourth-order valence-electron chi connectivity index (χ4n) is 4.36. The van der Waals surface area contributed by atoms with Crippen molar-refractivity contribution in [2.45, 2.75) is 52.1 Å². The highest BCUT2D eigenvalue weighted by atomic mass is 16.6. The molecule has 3 rings (SSSR count). The van der Waals surface area contributed by atoms with Crippen LogP contribution in [0.1, 0.15) is 66.7 Å². The number of carbonyl (C=O) groups is 2. The summed E-state index contributed by atoms with van der Waals surface area (Å²) in [5.41, 5.74) is 2.81. The zero-order chi connectivity index (χ0) is 32.1. The van der Waals surface area contributed by atoms with E-state index in [-0.39, 0.29) is 12.1 Å². The van der Waals surface area contributed by atoms with E-state index in [1.165, 1.54) is 12.8 Å². The number of unbranched alkanes of at least 4 members (excludes halogenated alkanes) is 3. The molecule has 0 N–H and O–H groups in total. The summed E-state index contributed by atoms with van der Waals surface area (Å²) in [5.74, 6) is 0.295. The van der Waals surface area contributed by atoms with Gasteiger partial charge in [-0.25, -0.2) is 9.59 Å². The third-order valence-corrected chi connectivity index (χ3v) is 6.86. The topological polar surface area (TPSA) is 89.5 Å². The molecule has 0 fully saturated rings. The highest BCUT2D eigenvalue weighted by molar-refractivity contribution is 5.91. The van der Waals surface area contributed by atoms with Gasteiger partial charge in [-0.15, -0.1) is 6.58 Å². The molecule has 242 valence electrons. The van der Waals surface area contributed by atoms with E-state index in [1.54, 1.807) is 54.6 Å². The molecule has 0 bridgehead atoms. The van der Waals surface area contributed by atoms with Crippen LogP contribution < -0.4 is 9.47 Å². The summed E-state index contributed by atoms with van der Waals surface area (Å²) in [6.07, 6.45) is 7.10. The van der Waals surface area contributed by atoms with Crippen molar-refractivity contribution in [2.75, 3.05) is 46.2 Å². The maximum atomic E-state index is 12.7. The van der Waals surface area contributed by atoms with Crippen molar-refractivity contribution in [1.29, 1.82) is 0 Å². The Hall–Kier alpha value is -3.98. The average molecular weight is 619 g/mol. The second-order valence-electron chi connectivity index (χ2n) is 10.5. The van der Waals surface area contributed by atoms with Crippen molar-refractivity contribution < 1.29 is 38.0 Å². The Morgan fingerprint density at radius 2 is 1.20 bits per heavy atom. The lowest BCUT2D eigenvalue weighted by molar-refractivity contribution is 0.0135. The molecule has 0 saturated carbocycles. The third-order valence-electron chi connectivity index (χ3n) is 6.86. The van der Waals surface area contributed by atoms with Crippen LogP contribution in [0, 0.1) is 0 Å². The van der Waals surface area contributed by atoms with E-state index < -0.39 is 5.97 Å². The molecule has 0 aliphatic rings. The molecule has 0 heterocycles. The molecule has 0 radical (unpaired) electrons. The van der Waals surface area contributed by atoms with Gasteiger partial charge >= 0.3 is 11.9 Å². The van der Waals surface area contributed by atoms with Gasteiger partial charge < -0.3 is 28.4 Å². The van der Waals surface area contributed by atoms with Gasteiger partial charge in [0.15, 0.2) is 0 Å². The van der Waals surface area contributed by atoms with E-state index in [0.717, 1.165) is 30.4 Å². The zero-order valence-corrected chi connectivity index (χ0v) is 26.5. The van der Waals surface area contributed by atoms with E-state index in [1.807, 2.05) is 31.2 Å². The molecule has 0 aliphatic carbocycles. The number of benzene rings is 3. The van der Waals surface area contributed by atoms with E-state index >= 15 is 0 Å². The fraction of sp³-hybridized carbons (Fsp3) is 0.405. The van der Waals surface area contributed by atoms with E-state index in [0.29, 0.717) is 68.9 Å². The minimum atomic E-state index is -0.463. The predicted molar refractivity (Wildman–Crippen MR) is 175 cm³/mol.